The molecule has 0 bridgehead atoms. The van der Waals surface area contributed by atoms with Crippen LogP contribution in [0.25, 0.3) is 0 Å². The molecule has 0 aromatic carbocycles. The maximum atomic E-state index is 6.05. The molecule has 0 aromatic heterocycles. The maximum absolute atomic E-state index is 6.05. The Balaban J connectivity index is 2.39. The van der Waals surface area contributed by atoms with E-state index in [0.717, 1.165) is 25.9 Å². The van der Waals surface area contributed by atoms with Crippen LogP contribution in [0.4, 0.5) is 0 Å². The summed E-state index contributed by atoms with van der Waals surface area (Å²) in [7, 11) is 0. The van der Waals surface area contributed by atoms with Gasteiger partial charge >= 0.3 is 0 Å². The van der Waals surface area contributed by atoms with Gasteiger partial charge in [0, 0.05) is 12.1 Å². The van der Waals surface area contributed by atoms with Gasteiger partial charge < -0.3 is 10.6 Å². The fourth-order valence-corrected chi connectivity index (χ4v) is 3.34. The fraction of sp³-hybridized carbons (Fsp3) is 1.00. The summed E-state index contributed by atoms with van der Waals surface area (Å²) in [5.74, 6) is 0. The summed E-state index contributed by atoms with van der Waals surface area (Å²) in [4.78, 5) is 5.22. The Labute approximate surface area is 114 Å². The Bertz CT molecular complexity index is 200. The lowest BCUT2D eigenvalue weighted by atomic mass is 9.90. The molecule has 0 amide bonds. The first-order valence-electron chi connectivity index (χ1n) is 7.89. The first-order valence-corrected chi connectivity index (χ1v) is 7.89. The van der Waals surface area contributed by atoms with E-state index < -0.39 is 0 Å². The maximum Gasteiger partial charge on any atom is 0.0326 e. The molecule has 3 nitrogen and oxygen atoms in total. The average Bonchev–Trinajstić information content (AvgIpc) is 2.92. The molecular weight excluding hydrogens is 222 g/mol. The van der Waals surface area contributed by atoms with Crippen molar-refractivity contribution < 1.29 is 0 Å². The van der Waals surface area contributed by atoms with E-state index in [1.165, 1.54) is 45.4 Å². The summed E-state index contributed by atoms with van der Waals surface area (Å²) in [6, 6.07) is 0. The van der Waals surface area contributed by atoms with Crippen LogP contribution < -0.4 is 5.73 Å². The molecule has 1 heterocycles. The quantitative estimate of drug-likeness (QED) is 0.686. The largest absolute Gasteiger partial charge is 0.329 e. The molecule has 0 spiro atoms. The van der Waals surface area contributed by atoms with E-state index in [9.17, 15) is 0 Å². The highest BCUT2D eigenvalue weighted by Gasteiger charge is 2.30. The molecular formula is C15H33N3. The van der Waals surface area contributed by atoms with Crippen molar-refractivity contribution in [3.8, 4) is 0 Å². The van der Waals surface area contributed by atoms with E-state index in [0.29, 0.717) is 0 Å². The molecule has 18 heavy (non-hydrogen) atoms. The lowest BCUT2D eigenvalue weighted by Gasteiger charge is -2.42. The van der Waals surface area contributed by atoms with Gasteiger partial charge in [-0.1, -0.05) is 20.8 Å². The fourth-order valence-electron chi connectivity index (χ4n) is 3.34. The predicted octanol–water partition coefficient (Wildman–Crippen LogP) is 2.31. The monoisotopic (exact) mass is 255 g/mol. The number of hydrogen-bond donors (Lipinski definition) is 1. The molecule has 1 saturated heterocycles. The molecule has 0 unspecified atom stereocenters. The molecule has 3 heteroatoms. The molecule has 0 radical (unpaired) electrons. The van der Waals surface area contributed by atoms with E-state index in [1.54, 1.807) is 0 Å². The van der Waals surface area contributed by atoms with Crippen molar-refractivity contribution in [1.82, 2.24) is 9.80 Å². The van der Waals surface area contributed by atoms with E-state index in [4.69, 9.17) is 5.73 Å². The predicted molar refractivity (Wildman–Crippen MR) is 79.9 cm³/mol. The minimum Gasteiger partial charge on any atom is -0.329 e. The van der Waals surface area contributed by atoms with Gasteiger partial charge in [0.05, 0.1) is 0 Å². The van der Waals surface area contributed by atoms with E-state index in [1.807, 2.05) is 0 Å². The van der Waals surface area contributed by atoms with Gasteiger partial charge in [0.25, 0.3) is 0 Å². The molecule has 108 valence electrons. The zero-order valence-electron chi connectivity index (χ0n) is 12.7. The molecule has 0 saturated carbocycles. The first-order chi connectivity index (χ1) is 8.72. The van der Waals surface area contributed by atoms with Gasteiger partial charge in [-0.2, -0.15) is 0 Å². The lowest BCUT2D eigenvalue weighted by Crippen LogP contribution is -2.53. The topological polar surface area (TPSA) is 32.5 Å². The molecule has 0 atom stereocenters. The minimum atomic E-state index is 0.236. The van der Waals surface area contributed by atoms with Crippen molar-refractivity contribution in [3.63, 3.8) is 0 Å². The summed E-state index contributed by atoms with van der Waals surface area (Å²) < 4.78 is 0. The number of rotatable bonds is 9. The Morgan fingerprint density at radius 1 is 1.11 bits per heavy atom. The standard InChI is InChI=1S/C15H33N3/c1-4-15(5-2,14-16)18(6-3)13-9-12-17-10-7-8-11-17/h4-14,16H2,1-3H3. The second-order valence-electron chi connectivity index (χ2n) is 5.62. The van der Waals surface area contributed by atoms with Crippen LogP contribution in [-0.2, 0) is 0 Å². The van der Waals surface area contributed by atoms with Crippen LogP contribution in [0.15, 0.2) is 0 Å². The third-order valence-electron chi connectivity index (χ3n) is 4.85. The molecule has 1 rings (SSSR count). The Morgan fingerprint density at radius 2 is 1.72 bits per heavy atom. The van der Waals surface area contributed by atoms with Crippen molar-refractivity contribution in [3.05, 3.63) is 0 Å². The van der Waals surface area contributed by atoms with Gasteiger partial charge in [0.15, 0.2) is 0 Å². The number of likely N-dealkylation sites (N-methyl/N-ethyl adjacent to an activating group) is 1. The van der Waals surface area contributed by atoms with Gasteiger partial charge in [0.2, 0.25) is 0 Å². The van der Waals surface area contributed by atoms with E-state index in [2.05, 4.69) is 30.6 Å². The van der Waals surface area contributed by atoms with Crippen LogP contribution in [0, 0.1) is 0 Å². The Hall–Kier alpha value is -0.120. The zero-order chi connectivity index (χ0) is 13.4. The van der Waals surface area contributed by atoms with Gasteiger partial charge in [-0.05, 0) is 64.8 Å². The molecule has 1 aliphatic heterocycles. The Kier molecular flexibility index (Phi) is 7.20. The van der Waals surface area contributed by atoms with E-state index in [-0.39, 0.29) is 5.54 Å². The number of nitrogens with zero attached hydrogens (tertiary/aromatic N) is 2. The van der Waals surface area contributed by atoms with Crippen LogP contribution in [0.5, 0.6) is 0 Å². The van der Waals surface area contributed by atoms with Crippen LogP contribution in [-0.4, -0.2) is 54.6 Å². The van der Waals surface area contributed by atoms with Crippen molar-refractivity contribution in [2.45, 2.75) is 58.4 Å². The smallest absolute Gasteiger partial charge is 0.0326 e. The summed E-state index contributed by atoms with van der Waals surface area (Å²) in [5, 5.41) is 0. The highest BCUT2D eigenvalue weighted by molar-refractivity contribution is 4.89. The van der Waals surface area contributed by atoms with Gasteiger partial charge in [-0.3, -0.25) is 4.90 Å². The summed E-state index contributed by atoms with van der Waals surface area (Å²) in [6.45, 7) is 13.8. The Morgan fingerprint density at radius 3 is 2.17 bits per heavy atom. The number of nitrogens with two attached hydrogens (primary N) is 1. The number of hydrogen-bond acceptors (Lipinski definition) is 3. The van der Waals surface area contributed by atoms with Crippen molar-refractivity contribution in [2.24, 2.45) is 5.73 Å². The second kappa shape index (κ2) is 8.13. The van der Waals surface area contributed by atoms with Gasteiger partial charge in [-0.25, -0.2) is 0 Å². The van der Waals surface area contributed by atoms with Gasteiger partial charge in [-0.15, -0.1) is 0 Å². The lowest BCUT2D eigenvalue weighted by molar-refractivity contribution is 0.0861. The van der Waals surface area contributed by atoms with Crippen LogP contribution in [0.2, 0.25) is 0 Å². The normalized spacial score (nSPS) is 17.8. The van der Waals surface area contributed by atoms with Crippen LogP contribution in [0.1, 0.15) is 52.9 Å². The number of likely N-dealkylation sites (tertiary alicyclic amines) is 1. The van der Waals surface area contributed by atoms with Crippen molar-refractivity contribution in [1.29, 1.82) is 0 Å². The highest BCUT2D eigenvalue weighted by atomic mass is 15.2. The van der Waals surface area contributed by atoms with Crippen molar-refractivity contribution >= 4 is 0 Å². The van der Waals surface area contributed by atoms with Crippen LogP contribution >= 0.6 is 0 Å². The average molecular weight is 255 g/mol. The second-order valence-corrected chi connectivity index (χ2v) is 5.62. The SMILES string of the molecule is CCN(CCCN1CCCC1)C(CC)(CC)CN. The zero-order valence-corrected chi connectivity index (χ0v) is 12.7. The van der Waals surface area contributed by atoms with Crippen LogP contribution in [0.3, 0.4) is 0 Å². The first kappa shape index (κ1) is 15.9. The molecule has 1 aliphatic rings. The summed E-state index contributed by atoms with van der Waals surface area (Å²) in [5.41, 5.74) is 6.28. The molecule has 0 aromatic rings. The molecule has 2 N–H and O–H groups in total. The highest BCUT2D eigenvalue weighted by Crippen LogP contribution is 2.23. The van der Waals surface area contributed by atoms with Crippen molar-refractivity contribution in [2.75, 3.05) is 39.3 Å². The minimum absolute atomic E-state index is 0.236. The molecule has 0 aliphatic carbocycles. The molecule has 1 fully saturated rings. The summed E-state index contributed by atoms with van der Waals surface area (Å²) in [6.07, 6.45) is 6.41. The summed E-state index contributed by atoms with van der Waals surface area (Å²) >= 11 is 0. The van der Waals surface area contributed by atoms with E-state index >= 15 is 0 Å². The van der Waals surface area contributed by atoms with Gasteiger partial charge in [0.1, 0.15) is 0 Å². The third kappa shape index (κ3) is 3.94. The third-order valence-corrected chi connectivity index (χ3v) is 4.85.